The lowest BCUT2D eigenvalue weighted by Gasteiger charge is -2.42. The number of likely N-dealkylation sites (tertiary alicyclic amines) is 1. The molecule has 16 heteroatoms. The first-order chi connectivity index (χ1) is 32.4. The first-order valence-electron chi connectivity index (χ1n) is 23.6. The zero-order chi connectivity index (χ0) is 49.1. The van der Waals surface area contributed by atoms with Crippen molar-refractivity contribution in [3.05, 3.63) is 84.1 Å². The maximum absolute atomic E-state index is 14.9. The van der Waals surface area contributed by atoms with Gasteiger partial charge in [-0.05, 0) is 91.0 Å². The molecule has 68 heavy (non-hydrogen) atoms. The highest BCUT2D eigenvalue weighted by Crippen LogP contribution is 2.41. The lowest BCUT2D eigenvalue weighted by molar-refractivity contribution is -0.156. The van der Waals surface area contributed by atoms with Crippen molar-refractivity contribution in [1.82, 2.24) is 35.1 Å². The highest BCUT2D eigenvalue weighted by molar-refractivity contribution is 5.96. The predicted molar refractivity (Wildman–Crippen MR) is 258 cm³/mol. The quantitative estimate of drug-likeness (QED) is 0.115. The number of fused-ring (bicyclic) bond motifs is 6. The van der Waals surface area contributed by atoms with Crippen LogP contribution in [0.15, 0.2) is 67.4 Å². The summed E-state index contributed by atoms with van der Waals surface area (Å²) in [5, 5.41) is 28.1. The molecule has 5 heterocycles. The number of carbonyl (C=O) groups is 5. The van der Waals surface area contributed by atoms with E-state index >= 15 is 0 Å². The summed E-state index contributed by atoms with van der Waals surface area (Å²) < 4.78 is 14.3. The van der Waals surface area contributed by atoms with Crippen LogP contribution >= 0.6 is 0 Å². The number of nitrogens with zero attached hydrogens (tertiary/aromatic N) is 5. The Morgan fingerprint density at radius 3 is 2.59 bits per heavy atom. The van der Waals surface area contributed by atoms with Crippen LogP contribution in [0.2, 0.25) is 0 Å². The molecule has 1 unspecified atom stereocenters. The van der Waals surface area contributed by atoms with Gasteiger partial charge in [0.1, 0.15) is 29.7 Å². The molecule has 4 N–H and O–H groups in total. The van der Waals surface area contributed by atoms with Crippen LogP contribution in [0.25, 0.3) is 33.4 Å². The summed E-state index contributed by atoms with van der Waals surface area (Å²) in [5.41, 5.74) is 6.63. The Balaban J connectivity index is 1.32. The van der Waals surface area contributed by atoms with Gasteiger partial charge < -0.3 is 44.2 Å². The minimum Gasteiger partial charge on any atom is -0.508 e. The van der Waals surface area contributed by atoms with Crippen molar-refractivity contribution in [2.24, 2.45) is 11.3 Å². The maximum Gasteiger partial charge on any atom is 0.259 e. The van der Waals surface area contributed by atoms with Gasteiger partial charge in [-0.15, -0.1) is 0 Å². The smallest absolute Gasteiger partial charge is 0.259 e. The third-order valence-corrected chi connectivity index (χ3v) is 13.7. The second-order valence-electron chi connectivity index (χ2n) is 19.9. The number of pyridine rings is 1. The number of likely N-dealkylation sites (N-methyl/N-ethyl adjacent to an activating group) is 1. The van der Waals surface area contributed by atoms with Gasteiger partial charge in [-0.25, -0.2) is 5.43 Å². The number of phenolic OH excluding ortho intramolecular Hbond substituents is 1. The van der Waals surface area contributed by atoms with E-state index in [2.05, 4.69) is 54.8 Å². The van der Waals surface area contributed by atoms with Crippen LogP contribution in [0.1, 0.15) is 70.6 Å². The number of ether oxygens (including phenoxy) is 2. The Hall–Kier alpha value is -5.94. The predicted octanol–water partition coefficient (Wildman–Crippen LogP) is 4.61. The van der Waals surface area contributed by atoms with Gasteiger partial charge >= 0.3 is 0 Å². The fourth-order valence-corrected chi connectivity index (χ4v) is 10.3. The maximum atomic E-state index is 14.9. The van der Waals surface area contributed by atoms with Crippen molar-refractivity contribution < 1.29 is 43.7 Å². The normalized spacial score (nSPS) is 22.4. The van der Waals surface area contributed by atoms with Crippen molar-refractivity contribution in [1.29, 1.82) is 0 Å². The molecule has 4 aromatic rings. The number of hydrazine groups is 1. The van der Waals surface area contributed by atoms with E-state index in [1.165, 1.54) is 27.9 Å². The van der Waals surface area contributed by atoms with Gasteiger partial charge in [-0.2, -0.15) is 0 Å². The number of aryl methyl sites for hydroxylation is 1. The molecule has 2 aromatic heterocycles. The van der Waals surface area contributed by atoms with E-state index in [0.29, 0.717) is 49.2 Å². The number of benzene rings is 2. The third kappa shape index (κ3) is 10.2. The number of nitrogens with one attached hydrogen (secondary N) is 2. The molecule has 2 aromatic carbocycles. The average molecular weight is 934 g/mol. The Bertz CT molecular complexity index is 2570. The zero-order valence-electron chi connectivity index (χ0n) is 40.5. The standard InChI is InChI=1S/C52H67N7O9/c1-9-44(62)57-20-18-52(66,29-57)49(65)56(7)45(33(3)4)47(63)54-42-24-34-22-36(25-37(61)23-34)41-26-39-40(27-50(5,6)31-68-32-51(30-60)17-13-19-59(55-51)48(42)64)46(58(10-2)43(39)28-53-41)38-15-12-11-14-35(38)16-21-67-8/h9,11-12,14-15,22-23,25-26,28,30,33,42,45,55,61,66H,1,10,13,16-21,24,27,29,31-32H2,2-8H3,(H,54,63)/t42-,45-,51-,52?/m0/s1. The van der Waals surface area contributed by atoms with Gasteiger partial charge in [0.15, 0.2) is 5.60 Å². The summed E-state index contributed by atoms with van der Waals surface area (Å²) in [5.74, 6) is -2.90. The first kappa shape index (κ1) is 50.0. The van der Waals surface area contributed by atoms with Gasteiger partial charge in [-0.3, -0.25) is 29.2 Å². The van der Waals surface area contributed by atoms with Crippen molar-refractivity contribution >= 4 is 40.8 Å². The molecule has 0 radical (unpaired) electrons. The molecule has 16 nitrogen and oxygen atoms in total. The van der Waals surface area contributed by atoms with Crippen LogP contribution in [-0.2, 0) is 59.3 Å². The van der Waals surface area contributed by atoms with E-state index in [1.54, 1.807) is 27.0 Å². The second-order valence-corrected chi connectivity index (χ2v) is 19.9. The summed E-state index contributed by atoms with van der Waals surface area (Å²) >= 11 is 0. The average Bonchev–Trinajstić information content (AvgIpc) is 3.86. The van der Waals surface area contributed by atoms with E-state index in [1.807, 2.05) is 30.5 Å². The molecule has 3 aliphatic rings. The van der Waals surface area contributed by atoms with Crippen LogP contribution in [0.3, 0.4) is 0 Å². The Labute approximate surface area is 398 Å². The van der Waals surface area contributed by atoms with Gasteiger partial charge in [0, 0.05) is 63.1 Å². The summed E-state index contributed by atoms with van der Waals surface area (Å²) in [6.07, 6.45) is 5.85. The number of aromatic hydroxyl groups is 1. The number of rotatable bonds is 12. The molecule has 0 spiro atoms. The fraction of sp³-hybridized carbons (Fsp3) is 0.500. The minimum atomic E-state index is -1.94. The highest BCUT2D eigenvalue weighted by atomic mass is 16.5. The van der Waals surface area contributed by atoms with Gasteiger partial charge in [0.05, 0.1) is 49.5 Å². The zero-order valence-corrected chi connectivity index (χ0v) is 40.5. The number of aldehydes is 1. The van der Waals surface area contributed by atoms with Gasteiger partial charge in [0.25, 0.3) is 11.8 Å². The summed E-state index contributed by atoms with van der Waals surface area (Å²) in [4.78, 5) is 76.4. The lowest BCUT2D eigenvalue weighted by Crippen LogP contribution is -2.66. The molecule has 2 fully saturated rings. The molecule has 0 aliphatic carbocycles. The molecule has 6 bridgehead atoms. The fourth-order valence-electron chi connectivity index (χ4n) is 10.3. The number of hydrogen-bond donors (Lipinski definition) is 4. The lowest BCUT2D eigenvalue weighted by atomic mass is 9.84. The highest BCUT2D eigenvalue weighted by Gasteiger charge is 2.48. The molecule has 364 valence electrons. The van der Waals surface area contributed by atoms with Crippen LogP contribution in [0.4, 0.5) is 0 Å². The van der Waals surface area contributed by atoms with Gasteiger partial charge in [-0.1, -0.05) is 58.5 Å². The van der Waals surface area contributed by atoms with E-state index < -0.39 is 58.2 Å². The molecule has 4 amide bonds. The van der Waals surface area contributed by atoms with Crippen LogP contribution in [-0.4, -0.2) is 141 Å². The molecule has 4 atom stereocenters. The molecular weight excluding hydrogens is 867 g/mol. The van der Waals surface area contributed by atoms with Crippen LogP contribution < -0.4 is 10.7 Å². The number of β-amino-alcohol motifs (C(OH)–C–C–N with tert-alkyl or cyclic N) is 1. The topological polar surface area (TPSA) is 196 Å². The number of amides is 4. The Kier molecular flexibility index (Phi) is 14.9. The largest absolute Gasteiger partial charge is 0.508 e. The molecule has 0 saturated carbocycles. The summed E-state index contributed by atoms with van der Waals surface area (Å²) in [6.45, 7) is 15.0. The number of carbonyl (C=O) groups excluding carboxylic acids is 5. The SMILES string of the molecule is C=CC(=O)N1CCC(O)(C(=O)N(C)[C@H](C(=O)N[C@H]2Cc3cc(O)cc(c3)-c3cc4c(c(-c5ccccc5CCOC)n(CC)c4cn3)CC(C)(C)COC[C@@]3(C=O)CCCN(N3)C2=O)C(C)C)C1. The van der Waals surface area contributed by atoms with Crippen molar-refractivity contribution in [2.45, 2.75) is 103 Å². The monoisotopic (exact) mass is 934 g/mol. The van der Waals surface area contributed by atoms with Crippen LogP contribution in [0, 0.1) is 11.3 Å². The van der Waals surface area contributed by atoms with E-state index in [9.17, 15) is 34.2 Å². The second kappa shape index (κ2) is 20.3. The summed E-state index contributed by atoms with van der Waals surface area (Å²) in [6, 6.07) is 13.0. The molecule has 7 rings (SSSR count). The first-order valence-corrected chi connectivity index (χ1v) is 23.6. The minimum absolute atomic E-state index is 0.0186. The number of aromatic nitrogens is 2. The molecule has 3 aliphatic heterocycles. The molecular formula is C52H67N7O9. The Morgan fingerprint density at radius 2 is 1.88 bits per heavy atom. The molecule has 2 saturated heterocycles. The van der Waals surface area contributed by atoms with Crippen LogP contribution in [0.5, 0.6) is 5.75 Å². The number of aliphatic hydroxyl groups is 1. The van der Waals surface area contributed by atoms with Gasteiger partial charge in [0.2, 0.25) is 11.8 Å². The van der Waals surface area contributed by atoms with Crippen molar-refractivity contribution in [3.63, 3.8) is 0 Å². The number of hydrogen-bond acceptors (Lipinski definition) is 11. The third-order valence-electron chi connectivity index (χ3n) is 13.7. The Morgan fingerprint density at radius 1 is 1.12 bits per heavy atom. The number of phenols is 1. The van der Waals surface area contributed by atoms with Crippen molar-refractivity contribution in [2.75, 3.05) is 53.6 Å². The van der Waals surface area contributed by atoms with E-state index in [-0.39, 0.29) is 51.4 Å². The van der Waals surface area contributed by atoms with E-state index in [4.69, 9.17) is 14.5 Å². The van der Waals surface area contributed by atoms with Crippen molar-refractivity contribution in [3.8, 4) is 28.3 Å². The summed E-state index contributed by atoms with van der Waals surface area (Å²) in [7, 11) is 3.13. The number of methoxy groups -OCH3 is 1. The van der Waals surface area contributed by atoms with E-state index in [0.717, 1.165) is 52.1 Å².